The molecule has 34 heavy (non-hydrogen) atoms. The van der Waals surface area contributed by atoms with Crippen LogP contribution in [0.4, 0.5) is 0 Å². The van der Waals surface area contributed by atoms with Gasteiger partial charge in [0.2, 0.25) is 0 Å². The molecule has 8 heteroatoms. The number of dihydropyridines is 1. The number of thiophene rings is 1. The molecule has 2 atom stereocenters. The number of ketones is 1. The Labute approximate surface area is 203 Å². The Morgan fingerprint density at radius 2 is 2.06 bits per heavy atom. The highest BCUT2D eigenvalue weighted by molar-refractivity contribution is 7.10. The standard InChI is InChI=1S/C26H29NO6S/c1-4-32-21-14-16(7-8-19(21)28)24-23(26(30)33-10-9-31-3)15(2)27-18-12-17(13-20(29)25(18)24)22-6-5-11-34-22/h5-8,11,14,17,24,27-28H,4,9-10,12-13H2,1-3H3/t17-,24-/m1/s1. The lowest BCUT2D eigenvalue weighted by Crippen LogP contribution is -2.36. The molecule has 2 aliphatic rings. The van der Waals surface area contributed by atoms with Gasteiger partial charge in [-0.05, 0) is 49.4 Å². The number of hydrogen-bond donors (Lipinski definition) is 2. The van der Waals surface area contributed by atoms with E-state index in [-0.39, 0.29) is 30.7 Å². The molecule has 2 aromatic rings. The van der Waals surface area contributed by atoms with Crippen molar-refractivity contribution < 1.29 is 28.9 Å². The fourth-order valence-electron chi connectivity index (χ4n) is 4.64. The van der Waals surface area contributed by atoms with Gasteiger partial charge in [0.05, 0.1) is 18.8 Å². The molecule has 0 fully saturated rings. The molecular formula is C26H29NO6S. The molecule has 180 valence electrons. The number of Topliss-reactive ketones (excluding diaryl/α,β-unsaturated/α-hetero) is 1. The summed E-state index contributed by atoms with van der Waals surface area (Å²) in [6, 6.07) is 9.02. The van der Waals surface area contributed by atoms with Crippen LogP contribution < -0.4 is 10.1 Å². The van der Waals surface area contributed by atoms with E-state index in [1.807, 2.05) is 25.3 Å². The minimum Gasteiger partial charge on any atom is -0.504 e. The lowest BCUT2D eigenvalue weighted by atomic mass is 9.72. The van der Waals surface area contributed by atoms with Crippen LogP contribution in [0.2, 0.25) is 0 Å². The van der Waals surface area contributed by atoms with Crippen LogP contribution in [-0.2, 0) is 19.1 Å². The van der Waals surface area contributed by atoms with Crippen molar-refractivity contribution >= 4 is 23.1 Å². The number of esters is 1. The van der Waals surface area contributed by atoms with E-state index in [2.05, 4.69) is 11.4 Å². The summed E-state index contributed by atoms with van der Waals surface area (Å²) in [6.45, 7) is 4.42. The molecular weight excluding hydrogens is 454 g/mol. The average molecular weight is 484 g/mol. The third kappa shape index (κ3) is 4.74. The number of ether oxygens (including phenoxy) is 3. The van der Waals surface area contributed by atoms with E-state index in [1.165, 1.54) is 18.1 Å². The first kappa shape index (κ1) is 24.0. The maximum Gasteiger partial charge on any atom is 0.336 e. The van der Waals surface area contributed by atoms with Gasteiger partial charge >= 0.3 is 5.97 Å². The first-order valence-corrected chi connectivity index (χ1v) is 12.2. The van der Waals surface area contributed by atoms with Crippen LogP contribution in [0.5, 0.6) is 11.5 Å². The number of carbonyl (C=O) groups is 2. The average Bonchev–Trinajstić information content (AvgIpc) is 3.35. The molecule has 0 bridgehead atoms. The van der Waals surface area contributed by atoms with Crippen LogP contribution in [0, 0.1) is 0 Å². The fourth-order valence-corrected chi connectivity index (χ4v) is 5.48. The Hall–Kier alpha value is -3.10. The summed E-state index contributed by atoms with van der Waals surface area (Å²) in [5, 5.41) is 15.6. The van der Waals surface area contributed by atoms with Gasteiger partial charge in [0, 0.05) is 47.2 Å². The summed E-state index contributed by atoms with van der Waals surface area (Å²) in [5.41, 5.74) is 3.13. The first-order valence-electron chi connectivity index (χ1n) is 11.3. The smallest absolute Gasteiger partial charge is 0.336 e. The summed E-state index contributed by atoms with van der Waals surface area (Å²) in [7, 11) is 1.54. The lowest BCUT2D eigenvalue weighted by Gasteiger charge is -2.36. The number of benzene rings is 1. The van der Waals surface area contributed by atoms with Gasteiger partial charge in [0.1, 0.15) is 6.61 Å². The molecule has 2 heterocycles. The first-order chi connectivity index (χ1) is 16.4. The maximum absolute atomic E-state index is 13.6. The summed E-state index contributed by atoms with van der Waals surface area (Å²) in [4.78, 5) is 27.9. The highest BCUT2D eigenvalue weighted by Gasteiger charge is 2.41. The molecule has 0 saturated carbocycles. The zero-order chi connectivity index (χ0) is 24.2. The van der Waals surface area contributed by atoms with Crippen LogP contribution in [0.25, 0.3) is 0 Å². The largest absolute Gasteiger partial charge is 0.504 e. The van der Waals surface area contributed by atoms with Gasteiger partial charge < -0.3 is 24.6 Å². The third-order valence-electron chi connectivity index (χ3n) is 6.13. The van der Waals surface area contributed by atoms with Crippen molar-refractivity contribution in [1.29, 1.82) is 0 Å². The van der Waals surface area contributed by atoms with E-state index in [9.17, 15) is 14.7 Å². The number of phenolic OH excluding ortho intramolecular Hbond substituents is 1. The van der Waals surface area contributed by atoms with E-state index in [0.717, 1.165) is 5.70 Å². The van der Waals surface area contributed by atoms with Gasteiger partial charge in [-0.1, -0.05) is 12.1 Å². The molecule has 1 aliphatic carbocycles. The van der Waals surface area contributed by atoms with E-state index in [0.29, 0.717) is 47.6 Å². The summed E-state index contributed by atoms with van der Waals surface area (Å²) in [6.07, 6.45) is 1.05. The summed E-state index contributed by atoms with van der Waals surface area (Å²) >= 11 is 1.65. The number of methoxy groups -OCH3 is 1. The number of rotatable bonds is 8. The fraction of sp³-hybridized carbons (Fsp3) is 0.385. The number of allylic oxidation sites excluding steroid dienone is 3. The molecule has 7 nitrogen and oxygen atoms in total. The molecule has 2 N–H and O–H groups in total. The topological polar surface area (TPSA) is 94.1 Å². The molecule has 0 saturated heterocycles. The van der Waals surface area contributed by atoms with Crippen molar-refractivity contribution in [2.45, 2.75) is 38.5 Å². The minimum absolute atomic E-state index is 0.00197. The minimum atomic E-state index is -0.622. The Balaban J connectivity index is 1.78. The van der Waals surface area contributed by atoms with Crippen molar-refractivity contribution in [1.82, 2.24) is 5.32 Å². The van der Waals surface area contributed by atoms with E-state index in [4.69, 9.17) is 14.2 Å². The number of aromatic hydroxyl groups is 1. The van der Waals surface area contributed by atoms with Crippen LogP contribution >= 0.6 is 11.3 Å². The predicted octanol–water partition coefficient (Wildman–Crippen LogP) is 4.40. The molecule has 1 aromatic heterocycles. The SMILES string of the molecule is CCOc1cc([C@@H]2C(C(=O)OCCOC)=C(C)NC3=C2C(=O)C[C@H](c2cccs2)C3)ccc1O. The second-order valence-electron chi connectivity index (χ2n) is 8.32. The highest BCUT2D eigenvalue weighted by Crippen LogP contribution is 2.47. The lowest BCUT2D eigenvalue weighted by molar-refractivity contribution is -0.140. The maximum atomic E-state index is 13.6. The Morgan fingerprint density at radius 1 is 1.24 bits per heavy atom. The zero-order valence-corrected chi connectivity index (χ0v) is 20.4. The van der Waals surface area contributed by atoms with E-state index < -0.39 is 11.9 Å². The van der Waals surface area contributed by atoms with Gasteiger partial charge in [-0.15, -0.1) is 11.3 Å². The van der Waals surface area contributed by atoms with Crippen LogP contribution in [0.15, 0.2) is 58.3 Å². The summed E-state index contributed by atoms with van der Waals surface area (Å²) in [5.74, 6) is -0.712. The molecule has 1 aliphatic heterocycles. The Morgan fingerprint density at radius 3 is 2.76 bits per heavy atom. The quantitative estimate of drug-likeness (QED) is 0.424. The molecule has 0 unspecified atom stereocenters. The van der Waals surface area contributed by atoms with Gasteiger partial charge in [0.25, 0.3) is 0 Å². The Kier molecular flexibility index (Phi) is 7.38. The normalized spacial score (nSPS) is 20.1. The molecule has 0 radical (unpaired) electrons. The van der Waals surface area contributed by atoms with Gasteiger partial charge in [0.15, 0.2) is 17.3 Å². The van der Waals surface area contributed by atoms with Crippen LogP contribution in [-0.4, -0.2) is 43.8 Å². The van der Waals surface area contributed by atoms with Crippen LogP contribution in [0.3, 0.4) is 0 Å². The molecule has 4 rings (SSSR count). The number of carbonyl (C=O) groups excluding carboxylic acids is 2. The summed E-state index contributed by atoms with van der Waals surface area (Å²) < 4.78 is 16.1. The molecule has 0 amide bonds. The number of phenols is 1. The van der Waals surface area contributed by atoms with Gasteiger partial charge in [-0.25, -0.2) is 4.79 Å². The van der Waals surface area contributed by atoms with E-state index >= 15 is 0 Å². The van der Waals surface area contributed by atoms with Crippen molar-refractivity contribution in [3.8, 4) is 11.5 Å². The highest BCUT2D eigenvalue weighted by atomic mass is 32.1. The van der Waals surface area contributed by atoms with Crippen molar-refractivity contribution in [3.05, 3.63) is 68.7 Å². The Bertz CT molecular complexity index is 1130. The van der Waals surface area contributed by atoms with Crippen molar-refractivity contribution in [3.63, 3.8) is 0 Å². The van der Waals surface area contributed by atoms with E-state index in [1.54, 1.807) is 23.5 Å². The molecule has 0 spiro atoms. The van der Waals surface area contributed by atoms with Crippen molar-refractivity contribution in [2.75, 3.05) is 26.9 Å². The zero-order valence-electron chi connectivity index (χ0n) is 19.6. The van der Waals surface area contributed by atoms with Gasteiger partial charge in [-0.2, -0.15) is 0 Å². The third-order valence-corrected chi connectivity index (χ3v) is 7.17. The van der Waals surface area contributed by atoms with Crippen molar-refractivity contribution in [2.24, 2.45) is 0 Å². The number of hydrogen-bond acceptors (Lipinski definition) is 8. The predicted molar refractivity (Wildman–Crippen MR) is 129 cm³/mol. The monoisotopic (exact) mass is 483 g/mol. The molecule has 1 aromatic carbocycles. The van der Waals surface area contributed by atoms with Crippen LogP contribution in [0.1, 0.15) is 49.0 Å². The second kappa shape index (κ2) is 10.4. The number of nitrogens with one attached hydrogen (secondary N) is 1. The van der Waals surface area contributed by atoms with Gasteiger partial charge in [-0.3, -0.25) is 4.79 Å². The second-order valence-corrected chi connectivity index (χ2v) is 9.30.